The number of hydrogen-bond donors (Lipinski definition) is 4. The average molecular weight is 388 g/mol. The first kappa shape index (κ1) is 18.1. The summed E-state index contributed by atoms with van der Waals surface area (Å²) in [4.78, 5) is 23.7. The number of carbonyl (C=O) groups is 1. The molecule has 2 unspecified atom stereocenters. The number of nitrogens with two attached hydrogens (primary N) is 2. The van der Waals surface area contributed by atoms with Crippen LogP contribution in [0.3, 0.4) is 0 Å². The zero-order valence-corrected chi connectivity index (χ0v) is 16.0. The first-order chi connectivity index (χ1) is 13.1. The fourth-order valence-electron chi connectivity index (χ4n) is 3.72. The summed E-state index contributed by atoms with van der Waals surface area (Å²) in [5, 5.41) is 7.65. The van der Waals surface area contributed by atoms with Gasteiger partial charge in [-0.1, -0.05) is 0 Å². The van der Waals surface area contributed by atoms with E-state index in [9.17, 15) is 4.79 Å². The van der Waals surface area contributed by atoms with E-state index in [0.717, 1.165) is 56.1 Å². The quantitative estimate of drug-likeness (QED) is 0.625. The van der Waals surface area contributed by atoms with Crippen molar-refractivity contribution in [2.45, 2.75) is 31.2 Å². The summed E-state index contributed by atoms with van der Waals surface area (Å²) in [7, 11) is 0. The molecule has 2 aromatic heterocycles. The van der Waals surface area contributed by atoms with Gasteiger partial charge >= 0.3 is 0 Å². The highest BCUT2D eigenvalue weighted by molar-refractivity contribution is 7.16. The van der Waals surface area contributed by atoms with Gasteiger partial charge in [0.05, 0.1) is 17.6 Å². The van der Waals surface area contributed by atoms with Gasteiger partial charge in [0.15, 0.2) is 5.69 Å². The van der Waals surface area contributed by atoms with Gasteiger partial charge in [-0.2, -0.15) is 0 Å². The van der Waals surface area contributed by atoms with Crippen LogP contribution in [-0.2, 0) is 0 Å². The number of thiazole rings is 1. The molecule has 0 bridgehead atoms. The fraction of sp³-hybridized carbons (Fsp3) is 0.500. The molecule has 2 aromatic rings. The maximum atomic E-state index is 12.8. The highest BCUT2D eigenvalue weighted by atomic mass is 32.1. The van der Waals surface area contributed by atoms with Gasteiger partial charge in [-0.05, 0) is 31.9 Å². The molecule has 4 rings (SSSR count). The molecule has 27 heavy (non-hydrogen) atoms. The summed E-state index contributed by atoms with van der Waals surface area (Å²) in [5.41, 5.74) is 14.1. The first-order valence-electron chi connectivity index (χ1n) is 9.34. The molecule has 144 valence electrons. The lowest BCUT2D eigenvalue weighted by Crippen LogP contribution is -2.43. The lowest BCUT2D eigenvalue weighted by molar-refractivity contribution is 0.102. The molecule has 9 heteroatoms. The minimum Gasteiger partial charge on any atom is -0.389 e. The standard InChI is InChI=1S/C18H25N7OS/c19-12-2-1-7-25(10-12)14-4-6-22-9-13(14)23-17(26)15-16(20)27-18(24-15)11-3-5-21-8-11/h4,6,9,11-12,21H,1-3,5,7-8,10,19-20H2,(H,23,26). The molecule has 4 heterocycles. The van der Waals surface area contributed by atoms with Crippen molar-refractivity contribution in [3.8, 4) is 0 Å². The molecule has 2 fully saturated rings. The van der Waals surface area contributed by atoms with Crippen LogP contribution in [0.5, 0.6) is 0 Å². The van der Waals surface area contributed by atoms with Gasteiger partial charge in [-0.25, -0.2) is 4.98 Å². The molecule has 2 aliphatic rings. The fourth-order valence-corrected chi connectivity index (χ4v) is 4.69. The highest BCUT2D eigenvalue weighted by Crippen LogP contribution is 2.32. The SMILES string of the molecule is Nc1sc(C2CCNC2)nc1C(=O)Nc1cnccc1N1CCCC(N)C1. The van der Waals surface area contributed by atoms with Crippen molar-refractivity contribution in [1.29, 1.82) is 0 Å². The number of nitrogens with one attached hydrogen (secondary N) is 2. The van der Waals surface area contributed by atoms with Gasteiger partial charge in [-0.15, -0.1) is 11.3 Å². The Hall–Kier alpha value is -2.23. The number of anilines is 3. The Morgan fingerprint density at radius 2 is 2.30 bits per heavy atom. The van der Waals surface area contributed by atoms with Crippen LogP contribution in [0.2, 0.25) is 0 Å². The summed E-state index contributed by atoms with van der Waals surface area (Å²) >= 11 is 1.41. The van der Waals surface area contributed by atoms with E-state index >= 15 is 0 Å². The van der Waals surface area contributed by atoms with Crippen LogP contribution in [0.25, 0.3) is 0 Å². The van der Waals surface area contributed by atoms with Crippen LogP contribution in [0.4, 0.5) is 16.4 Å². The van der Waals surface area contributed by atoms with Gasteiger partial charge in [-0.3, -0.25) is 9.78 Å². The molecule has 0 spiro atoms. The summed E-state index contributed by atoms with van der Waals surface area (Å²) in [6, 6.07) is 2.06. The molecule has 2 saturated heterocycles. The molecule has 0 aromatic carbocycles. The predicted molar refractivity (Wildman–Crippen MR) is 108 cm³/mol. The van der Waals surface area contributed by atoms with Crippen molar-refractivity contribution in [3.05, 3.63) is 29.2 Å². The van der Waals surface area contributed by atoms with Crippen LogP contribution < -0.4 is 27.0 Å². The molecule has 0 saturated carbocycles. The number of aromatic nitrogens is 2. The number of amides is 1. The van der Waals surface area contributed by atoms with Crippen LogP contribution in [0.1, 0.15) is 40.7 Å². The second kappa shape index (κ2) is 7.79. The average Bonchev–Trinajstić information content (AvgIpc) is 3.31. The molecule has 6 N–H and O–H groups in total. The van der Waals surface area contributed by atoms with Crippen molar-refractivity contribution in [2.75, 3.05) is 42.1 Å². The lowest BCUT2D eigenvalue weighted by Gasteiger charge is -2.33. The van der Waals surface area contributed by atoms with E-state index in [1.54, 1.807) is 12.4 Å². The van der Waals surface area contributed by atoms with Crippen molar-refractivity contribution in [3.63, 3.8) is 0 Å². The third-order valence-electron chi connectivity index (χ3n) is 5.14. The second-order valence-electron chi connectivity index (χ2n) is 7.15. The number of carbonyl (C=O) groups excluding carboxylic acids is 1. The molecule has 2 atom stereocenters. The Morgan fingerprint density at radius 1 is 1.41 bits per heavy atom. The maximum Gasteiger partial charge on any atom is 0.277 e. The van der Waals surface area contributed by atoms with Crippen LogP contribution >= 0.6 is 11.3 Å². The third kappa shape index (κ3) is 3.90. The Morgan fingerprint density at radius 3 is 3.07 bits per heavy atom. The Bertz CT molecular complexity index is 818. The number of nitrogen functional groups attached to an aromatic ring is 1. The molecule has 0 aliphatic carbocycles. The van der Waals surface area contributed by atoms with Crippen molar-refractivity contribution < 1.29 is 4.79 Å². The maximum absolute atomic E-state index is 12.8. The van der Waals surface area contributed by atoms with Gasteiger partial charge in [0.25, 0.3) is 5.91 Å². The molecule has 0 radical (unpaired) electrons. The molecular formula is C18H25N7OS. The smallest absolute Gasteiger partial charge is 0.277 e. The summed E-state index contributed by atoms with van der Waals surface area (Å²) in [5.74, 6) is 0.0409. The molecule has 2 aliphatic heterocycles. The number of hydrogen-bond acceptors (Lipinski definition) is 8. The summed E-state index contributed by atoms with van der Waals surface area (Å²) in [6.45, 7) is 3.54. The summed E-state index contributed by atoms with van der Waals surface area (Å²) in [6.07, 6.45) is 6.48. The van der Waals surface area contributed by atoms with E-state index in [1.807, 2.05) is 6.07 Å². The van der Waals surface area contributed by atoms with Crippen LogP contribution in [0.15, 0.2) is 18.5 Å². The van der Waals surface area contributed by atoms with E-state index in [0.29, 0.717) is 22.3 Å². The van der Waals surface area contributed by atoms with Crippen molar-refractivity contribution in [2.24, 2.45) is 5.73 Å². The van der Waals surface area contributed by atoms with Gasteiger partial charge < -0.3 is 27.0 Å². The third-order valence-corrected chi connectivity index (χ3v) is 6.19. The zero-order chi connectivity index (χ0) is 18.8. The zero-order valence-electron chi connectivity index (χ0n) is 15.1. The van der Waals surface area contributed by atoms with E-state index in [1.165, 1.54) is 11.3 Å². The summed E-state index contributed by atoms with van der Waals surface area (Å²) < 4.78 is 0. The minimum atomic E-state index is -0.295. The van der Waals surface area contributed by atoms with Crippen LogP contribution in [-0.4, -0.2) is 48.1 Å². The number of pyridine rings is 1. The van der Waals surface area contributed by atoms with Crippen LogP contribution in [0, 0.1) is 0 Å². The highest BCUT2D eigenvalue weighted by Gasteiger charge is 2.25. The van der Waals surface area contributed by atoms with E-state index in [2.05, 4.69) is 25.5 Å². The van der Waals surface area contributed by atoms with E-state index in [-0.39, 0.29) is 11.9 Å². The van der Waals surface area contributed by atoms with Gasteiger partial charge in [0.1, 0.15) is 10.0 Å². The Kier molecular flexibility index (Phi) is 5.24. The monoisotopic (exact) mass is 387 g/mol. The first-order valence-corrected chi connectivity index (χ1v) is 10.2. The van der Waals surface area contributed by atoms with E-state index < -0.39 is 0 Å². The van der Waals surface area contributed by atoms with Crippen molar-refractivity contribution in [1.82, 2.24) is 15.3 Å². The van der Waals surface area contributed by atoms with Gasteiger partial charge in [0, 0.05) is 37.8 Å². The lowest BCUT2D eigenvalue weighted by atomic mass is 10.1. The molecule has 8 nitrogen and oxygen atoms in total. The number of nitrogens with zero attached hydrogens (tertiary/aromatic N) is 3. The number of piperidine rings is 1. The molecular weight excluding hydrogens is 362 g/mol. The minimum absolute atomic E-state index is 0.146. The number of rotatable bonds is 4. The van der Waals surface area contributed by atoms with Gasteiger partial charge in [0.2, 0.25) is 0 Å². The predicted octanol–water partition coefficient (Wildman–Crippen LogP) is 1.38. The molecule has 1 amide bonds. The largest absolute Gasteiger partial charge is 0.389 e. The van der Waals surface area contributed by atoms with Crippen molar-refractivity contribution >= 4 is 33.6 Å². The second-order valence-corrected chi connectivity index (χ2v) is 8.21. The van der Waals surface area contributed by atoms with E-state index in [4.69, 9.17) is 11.5 Å². The topological polar surface area (TPSA) is 122 Å². The Labute approximate surface area is 162 Å². The Balaban J connectivity index is 1.53. The normalized spacial score (nSPS) is 22.8.